The van der Waals surface area contributed by atoms with Gasteiger partial charge >= 0.3 is 0 Å². The second kappa shape index (κ2) is 7.65. The third kappa shape index (κ3) is 4.36. The Morgan fingerprint density at radius 2 is 2.00 bits per heavy atom. The van der Waals surface area contributed by atoms with Crippen molar-refractivity contribution in [3.63, 3.8) is 0 Å². The molecule has 24 heavy (non-hydrogen) atoms. The molecule has 0 aliphatic rings. The summed E-state index contributed by atoms with van der Waals surface area (Å²) in [7, 11) is 0. The molecule has 1 aromatic carbocycles. The lowest BCUT2D eigenvalue weighted by atomic mass is 10.2. The summed E-state index contributed by atoms with van der Waals surface area (Å²) in [6, 6.07) is 11.9. The molecule has 0 atom stereocenters. The van der Waals surface area contributed by atoms with Crippen LogP contribution in [0.4, 0.5) is 15.3 Å². The minimum Gasteiger partial charge on any atom is -0.352 e. The van der Waals surface area contributed by atoms with E-state index >= 15 is 0 Å². The van der Waals surface area contributed by atoms with Crippen molar-refractivity contribution in [2.24, 2.45) is 0 Å². The second-order valence-electron chi connectivity index (χ2n) is 5.03. The maximum Gasteiger partial charge on any atom is 0.226 e. The van der Waals surface area contributed by atoms with Crippen LogP contribution in [0.1, 0.15) is 11.3 Å². The van der Waals surface area contributed by atoms with Gasteiger partial charge in [-0.2, -0.15) is 0 Å². The van der Waals surface area contributed by atoms with E-state index in [2.05, 4.69) is 20.6 Å². The number of hydrogen-bond acceptors (Lipinski definition) is 5. The van der Waals surface area contributed by atoms with Gasteiger partial charge in [0.2, 0.25) is 5.91 Å². The molecule has 1 amide bonds. The van der Waals surface area contributed by atoms with Crippen molar-refractivity contribution in [1.82, 2.24) is 15.3 Å². The number of pyridine rings is 1. The summed E-state index contributed by atoms with van der Waals surface area (Å²) >= 11 is 1.40. The zero-order valence-corrected chi connectivity index (χ0v) is 13.5. The van der Waals surface area contributed by atoms with Gasteiger partial charge in [-0.05, 0) is 18.2 Å². The Morgan fingerprint density at radius 3 is 2.79 bits per heavy atom. The minimum absolute atomic E-state index is 0.148. The van der Waals surface area contributed by atoms with Crippen LogP contribution < -0.4 is 10.6 Å². The van der Waals surface area contributed by atoms with Crippen molar-refractivity contribution in [1.29, 1.82) is 0 Å². The van der Waals surface area contributed by atoms with Gasteiger partial charge in [0, 0.05) is 23.7 Å². The molecule has 0 saturated carbocycles. The fourth-order valence-electron chi connectivity index (χ4n) is 2.05. The molecule has 2 aromatic heterocycles. The number of hydrogen-bond donors (Lipinski definition) is 2. The lowest BCUT2D eigenvalue weighted by Crippen LogP contribution is -2.25. The summed E-state index contributed by atoms with van der Waals surface area (Å²) in [5.41, 5.74) is 1.12. The molecule has 2 N–H and O–H groups in total. The van der Waals surface area contributed by atoms with E-state index in [9.17, 15) is 9.18 Å². The first-order valence-corrected chi connectivity index (χ1v) is 8.21. The maximum absolute atomic E-state index is 13.5. The number of carbonyl (C=O) groups is 1. The number of anilines is 2. The van der Waals surface area contributed by atoms with E-state index in [-0.39, 0.29) is 24.7 Å². The van der Waals surface area contributed by atoms with Crippen LogP contribution in [0.2, 0.25) is 0 Å². The third-order valence-corrected chi connectivity index (χ3v) is 4.03. The van der Waals surface area contributed by atoms with Crippen LogP contribution in [0.25, 0.3) is 0 Å². The minimum atomic E-state index is -0.326. The molecule has 122 valence electrons. The number of aromatic nitrogens is 2. The van der Waals surface area contributed by atoms with Crippen LogP contribution in [0.15, 0.2) is 54.0 Å². The topological polar surface area (TPSA) is 66.9 Å². The van der Waals surface area contributed by atoms with Gasteiger partial charge < -0.3 is 10.6 Å². The summed E-state index contributed by atoms with van der Waals surface area (Å²) in [5, 5.41) is 8.26. The molecule has 2 heterocycles. The number of benzene rings is 1. The Kier molecular flexibility index (Phi) is 5.12. The number of nitrogens with zero attached hydrogens (tertiary/aromatic N) is 2. The Labute approximate surface area is 142 Å². The predicted octanol–water partition coefficient (Wildman–Crippen LogP) is 3.28. The van der Waals surface area contributed by atoms with Gasteiger partial charge in [0.1, 0.15) is 11.6 Å². The van der Waals surface area contributed by atoms with Gasteiger partial charge in [-0.15, -0.1) is 11.3 Å². The average Bonchev–Trinajstić information content (AvgIpc) is 3.02. The summed E-state index contributed by atoms with van der Waals surface area (Å²) in [4.78, 5) is 20.5. The first-order chi connectivity index (χ1) is 11.7. The van der Waals surface area contributed by atoms with E-state index < -0.39 is 0 Å². The van der Waals surface area contributed by atoms with Crippen LogP contribution in [0.5, 0.6) is 0 Å². The molecule has 0 saturated heterocycles. The second-order valence-corrected chi connectivity index (χ2v) is 5.89. The molecule has 0 radical (unpaired) electrons. The number of halogens is 1. The van der Waals surface area contributed by atoms with Gasteiger partial charge in [-0.25, -0.2) is 14.4 Å². The predicted molar refractivity (Wildman–Crippen MR) is 91.6 cm³/mol. The molecule has 0 aliphatic carbocycles. The molecule has 3 aromatic rings. The van der Waals surface area contributed by atoms with E-state index in [4.69, 9.17) is 0 Å². The van der Waals surface area contributed by atoms with Crippen LogP contribution in [-0.4, -0.2) is 15.9 Å². The number of amides is 1. The lowest BCUT2D eigenvalue weighted by Gasteiger charge is -2.05. The molecule has 0 bridgehead atoms. The molecule has 3 rings (SSSR count). The fourth-order valence-corrected chi connectivity index (χ4v) is 2.77. The third-order valence-electron chi connectivity index (χ3n) is 3.23. The standard InChI is InChI=1S/C17H15FN4OS/c18-14-6-2-1-5-12(14)10-20-16(23)9-13-11-24-17(21-13)22-15-7-3-4-8-19-15/h1-8,11H,9-10H2,(H,20,23)(H,19,21,22). The first kappa shape index (κ1) is 16.1. The highest BCUT2D eigenvalue weighted by Crippen LogP contribution is 2.19. The number of rotatable bonds is 6. The van der Waals surface area contributed by atoms with E-state index in [0.29, 0.717) is 22.2 Å². The van der Waals surface area contributed by atoms with Gasteiger partial charge in [-0.1, -0.05) is 24.3 Å². The highest BCUT2D eigenvalue weighted by atomic mass is 32.1. The molecular formula is C17H15FN4OS. The summed E-state index contributed by atoms with van der Waals surface area (Å²) in [6.07, 6.45) is 1.84. The SMILES string of the molecule is O=C(Cc1csc(Nc2ccccn2)n1)NCc1ccccc1F. The highest BCUT2D eigenvalue weighted by molar-refractivity contribution is 7.13. The van der Waals surface area contributed by atoms with Crippen molar-refractivity contribution in [3.8, 4) is 0 Å². The Hall–Kier alpha value is -2.80. The number of nitrogens with one attached hydrogen (secondary N) is 2. The normalized spacial score (nSPS) is 10.4. The van der Waals surface area contributed by atoms with E-state index in [1.165, 1.54) is 17.4 Å². The molecule has 0 fully saturated rings. The van der Waals surface area contributed by atoms with E-state index in [1.807, 2.05) is 23.6 Å². The van der Waals surface area contributed by atoms with Crippen LogP contribution in [0.3, 0.4) is 0 Å². The summed E-state index contributed by atoms with van der Waals surface area (Å²) in [6.45, 7) is 0.161. The smallest absolute Gasteiger partial charge is 0.226 e. The quantitative estimate of drug-likeness (QED) is 0.721. The van der Waals surface area contributed by atoms with Crippen molar-refractivity contribution in [2.45, 2.75) is 13.0 Å². The van der Waals surface area contributed by atoms with Gasteiger partial charge in [0.05, 0.1) is 12.1 Å². The molecule has 5 nitrogen and oxygen atoms in total. The Morgan fingerprint density at radius 1 is 1.17 bits per heavy atom. The van der Waals surface area contributed by atoms with Crippen molar-refractivity contribution >= 4 is 28.2 Å². The van der Waals surface area contributed by atoms with Crippen LogP contribution in [-0.2, 0) is 17.8 Å². The van der Waals surface area contributed by atoms with E-state index in [0.717, 1.165) is 0 Å². The van der Waals surface area contributed by atoms with E-state index in [1.54, 1.807) is 24.4 Å². The Balaban J connectivity index is 1.53. The van der Waals surface area contributed by atoms with Crippen LogP contribution >= 0.6 is 11.3 Å². The molecule has 0 unspecified atom stereocenters. The number of thiazole rings is 1. The Bertz CT molecular complexity index is 822. The maximum atomic E-state index is 13.5. The van der Waals surface area contributed by atoms with Gasteiger partial charge in [0.25, 0.3) is 0 Å². The molecule has 0 aliphatic heterocycles. The van der Waals surface area contributed by atoms with Crippen LogP contribution in [0, 0.1) is 5.82 Å². The zero-order valence-electron chi connectivity index (χ0n) is 12.7. The lowest BCUT2D eigenvalue weighted by molar-refractivity contribution is -0.120. The van der Waals surface area contributed by atoms with Crippen molar-refractivity contribution in [3.05, 3.63) is 71.1 Å². The van der Waals surface area contributed by atoms with Crippen molar-refractivity contribution < 1.29 is 9.18 Å². The van der Waals surface area contributed by atoms with Gasteiger partial charge in [-0.3, -0.25) is 4.79 Å². The zero-order chi connectivity index (χ0) is 16.8. The molecule has 0 spiro atoms. The number of carbonyl (C=O) groups excluding carboxylic acids is 1. The molecular weight excluding hydrogens is 327 g/mol. The fraction of sp³-hybridized carbons (Fsp3) is 0.118. The monoisotopic (exact) mass is 342 g/mol. The highest BCUT2D eigenvalue weighted by Gasteiger charge is 2.09. The first-order valence-electron chi connectivity index (χ1n) is 7.33. The average molecular weight is 342 g/mol. The molecule has 7 heteroatoms. The summed E-state index contributed by atoms with van der Waals surface area (Å²) in [5.74, 6) is 0.170. The van der Waals surface area contributed by atoms with Gasteiger partial charge in [0.15, 0.2) is 5.13 Å². The summed E-state index contributed by atoms with van der Waals surface area (Å²) < 4.78 is 13.5. The van der Waals surface area contributed by atoms with Crippen molar-refractivity contribution in [2.75, 3.05) is 5.32 Å². The largest absolute Gasteiger partial charge is 0.352 e.